The number of benzene rings is 4. The Balaban J connectivity index is 0.000000200. The molecule has 4 rings (SSSR count). The Morgan fingerprint density at radius 2 is 0.862 bits per heavy atom. The Morgan fingerprint density at radius 3 is 1.21 bits per heavy atom. The number of carbonyl (C=O) groups is 2. The second kappa shape index (κ2) is 9.44. The third-order valence-corrected chi connectivity index (χ3v) is 4.49. The first-order valence-electron chi connectivity index (χ1n) is 8.81. The van der Waals surface area contributed by atoms with Crippen molar-refractivity contribution in [3.05, 3.63) is 95.1 Å². The third-order valence-electron chi connectivity index (χ3n) is 4.49. The third kappa shape index (κ3) is 5.49. The number of aromatic carboxylic acids is 2. The molecule has 0 heterocycles. The SMILES string of the molecule is Cc1ccc2cc(C(=O)O)ccc2c1.Cc1ccc2cc(C(=O)O)ccc2c1.[Zn]. The van der Waals surface area contributed by atoms with Gasteiger partial charge in [-0.05, 0) is 59.7 Å². The van der Waals surface area contributed by atoms with E-state index in [1.54, 1.807) is 24.3 Å². The summed E-state index contributed by atoms with van der Waals surface area (Å²) in [5, 5.41) is 21.7. The van der Waals surface area contributed by atoms with Crippen LogP contribution >= 0.6 is 0 Å². The molecule has 0 fully saturated rings. The second-order valence-electron chi connectivity index (χ2n) is 6.74. The van der Waals surface area contributed by atoms with Gasteiger partial charge in [-0.25, -0.2) is 9.59 Å². The topological polar surface area (TPSA) is 74.6 Å². The molecule has 0 radical (unpaired) electrons. The van der Waals surface area contributed by atoms with E-state index >= 15 is 0 Å². The van der Waals surface area contributed by atoms with Crippen LogP contribution in [0.5, 0.6) is 0 Å². The molecule has 0 aliphatic carbocycles. The van der Waals surface area contributed by atoms with E-state index in [-0.39, 0.29) is 19.5 Å². The van der Waals surface area contributed by atoms with Gasteiger partial charge < -0.3 is 10.2 Å². The van der Waals surface area contributed by atoms with Gasteiger partial charge in [0.1, 0.15) is 0 Å². The zero-order valence-electron chi connectivity index (χ0n) is 16.3. The van der Waals surface area contributed by atoms with E-state index < -0.39 is 11.9 Å². The van der Waals surface area contributed by atoms with Crippen LogP contribution in [0, 0.1) is 13.8 Å². The summed E-state index contributed by atoms with van der Waals surface area (Å²) >= 11 is 0. The fraction of sp³-hybridized carbons (Fsp3) is 0.0833. The molecule has 0 saturated heterocycles. The maximum absolute atomic E-state index is 10.7. The molecule has 4 nitrogen and oxygen atoms in total. The molecule has 0 aromatic heterocycles. The van der Waals surface area contributed by atoms with Gasteiger partial charge in [-0.3, -0.25) is 0 Å². The molecule has 0 spiro atoms. The molecule has 0 saturated carbocycles. The van der Waals surface area contributed by atoms with Crippen molar-refractivity contribution < 1.29 is 39.3 Å². The number of hydrogen-bond donors (Lipinski definition) is 2. The number of aryl methyl sites for hydroxylation is 2. The maximum atomic E-state index is 10.7. The molecule has 0 atom stereocenters. The Labute approximate surface area is 181 Å². The van der Waals surface area contributed by atoms with Crippen molar-refractivity contribution in [3.63, 3.8) is 0 Å². The van der Waals surface area contributed by atoms with Crippen LogP contribution in [0.3, 0.4) is 0 Å². The average Bonchev–Trinajstić information content (AvgIpc) is 2.67. The zero-order valence-corrected chi connectivity index (χ0v) is 19.3. The van der Waals surface area contributed by atoms with Gasteiger partial charge in [0.2, 0.25) is 0 Å². The molecular weight excluding hydrogens is 418 g/mol. The summed E-state index contributed by atoms with van der Waals surface area (Å²) in [6.45, 7) is 4.04. The van der Waals surface area contributed by atoms with Crippen LogP contribution in [0.4, 0.5) is 0 Å². The summed E-state index contributed by atoms with van der Waals surface area (Å²) in [6.07, 6.45) is 0. The van der Waals surface area contributed by atoms with Gasteiger partial charge >= 0.3 is 11.9 Å². The number of carboxylic acid groups (broad SMARTS) is 2. The summed E-state index contributed by atoms with van der Waals surface area (Å²) in [5.74, 6) is -1.76. The molecule has 4 aromatic carbocycles. The predicted octanol–water partition coefficient (Wildman–Crippen LogP) is 5.69. The van der Waals surface area contributed by atoms with Crippen molar-refractivity contribution in [2.75, 3.05) is 0 Å². The Kier molecular flexibility index (Phi) is 7.25. The molecule has 0 amide bonds. The number of carboxylic acids is 2. The minimum Gasteiger partial charge on any atom is -0.478 e. The first kappa shape index (κ1) is 22.3. The van der Waals surface area contributed by atoms with E-state index in [4.69, 9.17) is 10.2 Å². The van der Waals surface area contributed by atoms with Crippen molar-refractivity contribution >= 4 is 33.5 Å². The normalized spacial score (nSPS) is 10.0. The zero-order chi connectivity index (χ0) is 20.3. The summed E-state index contributed by atoms with van der Waals surface area (Å²) in [6, 6.07) is 22.2. The van der Waals surface area contributed by atoms with E-state index in [1.807, 2.05) is 62.4 Å². The summed E-state index contributed by atoms with van der Waals surface area (Å²) < 4.78 is 0. The van der Waals surface area contributed by atoms with Gasteiger partial charge in [0.05, 0.1) is 11.1 Å². The van der Waals surface area contributed by atoms with Gasteiger partial charge in [0.25, 0.3) is 0 Å². The summed E-state index contributed by atoms with van der Waals surface area (Å²) in [5.41, 5.74) is 3.03. The van der Waals surface area contributed by atoms with E-state index in [0.29, 0.717) is 11.1 Å². The molecule has 5 heteroatoms. The second-order valence-corrected chi connectivity index (χ2v) is 6.74. The van der Waals surface area contributed by atoms with Gasteiger partial charge in [0.15, 0.2) is 0 Å². The first-order valence-corrected chi connectivity index (χ1v) is 8.81. The van der Waals surface area contributed by atoms with Gasteiger partial charge in [-0.2, -0.15) is 0 Å². The summed E-state index contributed by atoms with van der Waals surface area (Å²) in [4.78, 5) is 21.4. The van der Waals surface area contributed by atoms with Crippen LogP contribution in [0.15, 0.2) is 72.8 Å². The fourth-order valence-corrected chi connectivity index (χ4v) is 3.00. The summed E-state index contributed by atoms with van der Waals surface area (Å²) in [7, 11) is 0. The fourth-order valence-electron chi connectivity index (χ4n) is 3.00. The number of rotatable bonds is 2. The minimum atomic E-state index is -0.882. The Hall–Kier alpha value is -3.04. The molecule has 4 aromatic rings. The van der Waals surface area contributed by atoms with Crippen LogP contribution in [0.25, 0.3) is 21.5 Å². The molecule has 0 unspecified atom stereocenters. The molecule has 29 heavy (non-hydrogen) atoms. The van der Waals surface area contributed by atoms with E-state index in [9.17, 15) is 9.59 Å². The van der Waals surface area contributed by atoms with Crippen LogP contribution in [0.1, 0.15) is 31.8 Å². The van der Waals surface area contributed by atoms with Gasteiger partial charge in [-0.1, -0.05) is 59.7 Å². The molecule has 142 valence electrons. The first-order chi connectivity index (χ1) is 13.3. The number of fused-ring (bicyclic) bond motifs is 2. The smallest absolute Gasteiger partial charge is 0.335 e. The van der Waals surface area contributed by atoms with Crippen LogP contribution in [-0.2, 0) is 19.5 Å². The Morgan fingerprint density at radius 1 is 0.552 bits per heavy atom. The van der Waals surface area contributed by atoms with Crippen molar-refractivity contribution in [2.24, 2.45) is 0 Å². The molecule has 2 N–H and O–H groups in total. The number of hydrogen-bond acceptors (Lipinski definition) is 2. The average molecular weight is 438 g/mol. The maximum Gasteiger partial charge on any atom is 0.335 e. The molecule has 0 bridgehead atoms. The van der Waals surface area contributed by atoms with E-state index in [2.05, 4.69) is 0 Å². The van der Waals surface area contributed by atoms with Crippen LogP contribution < -0.4 is 0 Å². The monoisotopic (exact) mass is 436 g/mol. The van der Waals surface area contributed by atoms with E-state index in [1.165, 1.54) is 11.1 Å². The standard InChI is InChI=1S/2C12H10O2.Zn/c2*1-8-2-3-10-7-11(12(13)14)5-4-9(10)6-8;/h2*2-7H,1H3,(H,13,14);. The van der Waals surface area contributed by atoms with Gasteiger partial charge in [-0.15, -0.1) is 0 Å². The minimum absolute atomic E-state index is 0. The van der Waals surface area contributed by atoms with Gasteiger partial charge in [0, 0.05) is 19.5 Å². The van der Waals surface area contributed by atoms with E-state index in [0.717, 1.165) is 21.5 Å². The van der Waals surface area contributed by atoms with Crippen molar-refractivity contribution in [1.82, 2.24) is 0 Å². The van der Waals surface area contributed by atoms with Crippen molar-refractivity contribution in [2.45, 2.75) is 13.8 Å². The molecule has 0 aliphatic rings. The Bertz CT molecular complexity index is 1100. The quantitative estimate of drug-likeness (QED) is 0.395. The van der Waals surface area contributed by atoms with Crippen molar-refractivity contribution in [3.8, 4) is 0 Å². The van der Waals surface area contributed by atoms with Crippen molar-refractivity contribution in [1.29, 1.82) is 0 Å². The molecule has 0 aliphatic heterocycles. The van der Waals surface area contributed by atoms with Crippen LogP contribution in [-0.4, -0.2) is 22.2 Å². The largest absolute Gasteiger partial charge is 0.478 e. The van der Waals surface area contributed by atoms with Crippen LogP contribution in [0.2, 0.25) is 0 Å². The predicted molar refractivity (Wildman–Crippen MR) is 111 cm³/mol. The molecular formula is C24H20O4Zn.